The lowest BCUT2D eigenvalue weighted by molar-refractivity contribution is 0.107. The minimum atomic E-state index is 0.0339. The number of H-pyrrole nitrogens is 1. The van der Waals surface area contributed by atoms with Gasteiger partial charge in [0.25, 0.3) is 0 Å². The summed E-state index contributed by atoms with van der Waals surface area (Å²) in [4.78, 5) is 22.4. The number of rotatable bonds is 4. The molecule has 152 valence electrons. The largest absolute Gasteiger partial charge is 0.381 e. The Morgan fingerprint density at radius 3 is 2.48 bits per heavy atom. The minimum absolute atomic E-state index is 0.0339. The van der Waals surface area contributed by atoms with Crippen LogP contribution in [-0.4, -0.2) is 44.6 Å². The van der Waals surface area contributed by atoms with Crippen LogP contribution in [0.5, 0.6) is 0 Å². The molecule has 0 radical (unpaired) electrons. The summed E-state index contributed by atoms with van der Waals surface area (Å²) in [6, 6.07) is 13.6. The number of anilines is 1. The van der Waals surface area contributed by atoms with E-state index in [0.717, 1.165) is 42.7 Å². The zero-order valence-electron chi connectivity index (χ0n) is 16.8. The molecular weight excluding hydrogens is 362 g/mol. The highest BCUT2D eigenvalue weighted by Crippen LogP contribution is 2.31. The lowest BCUT2D eigenvalue weighted by Gasteiger charge is -2.41. The molecule has 3 heterocycles. The van der Waals surface area contributed by atoms with Crippen LogP contribution in [0.3, 0.4) is 0 Å². The van der Waals surface area contributed by atoms with Gasteiger partial charge in [0.15, 0.2) is 0 Å². The summed E-state index contributed by atoms with van der Waals surface area (Å²) < 4.78 is 1.99. The van der Waals surface area contributed by atoms with Crippen LogP contribution in [0, 0.1) is 0 Å². The molecule has 1 saturated carbocycles. The van der Waals surface area contributed by atoms with Crippen molar-refractivity contribution >= 4 is 16.7 Å². The zero-order chi connectivity index (χ0) is 19.6. The number of piperidine rings is 1. The van der Waals surface area contributed by atoms with Crippen LogP contribution >= 0.6 is 0 Å². The molecule has 3 aromatic rings. The van der Waals surface area contributed by atoms with Crippen LogP contribution < -0.4 is 11.0 Å². The summed E-state index contributed by atoms with van der Waals surface area (Å²) in [6.45, 7) is 2.17. The maximum atomic E-state index is 12.5. The predicted octanol–water partition coefficient (Wildman–Crippen LogP) is 3.78. The number of aromatic amines is 1. The highest BCUT2D eigenvalue weighted by Gasteiger charge is 2.30. The molecule has 1 aliphatic carbocycles. The number of hydrogen-bond donors (Lipinski definition) is 2. The van der Waals surface area contributed by atoms with Gasteiger partial charge in [-0.2, -0.15) is 0 Å². The van der Waals surface area contributed by atoms with Crippen molar-refractivity contribution in [2.24, 2.45) is 0 Å². The summed E-state index contributed by atoms with van der Waals surface area (Å²) in [7, 11) is 0. The van der Waals surface area contributed by atoms with Crippen molar-refractivity contribution in [3.8, 4) is 0 Å². The van der Waals surface area contributed by atoms with E-state index in [0.29, 0.717) is 18.1 Å². The van der Waals surface area contributed by atoms with Gasteiger partial charge in [0.1, 0.15) is 0 Å². The first-order valence-corrected chi connectivity index (χ1v) is 10.9. The summed E-state index contributed by atoms with van der Waals surface area (Å²) >= 11 is 0. The number of nitrogens with zero attached hydrogens (tertiary/aromatic N) is 3. The first-order chi connectivity index (χ1) is 14.3. The monoisotopic (exact) mass is 391 g/mol. The van der Waals surface area contributed by atoms with E-state index < -0.39 is 0 Å². The fourth-order valence-electron chi connectivity index (χ4n) is 5.22. The van der Waals surface area contributed by atoms with Crippen molar-refractivity contribution in [3.05, 3.63) is 59.3 Å². The topological polar surface area (TPSA) is 66.0 Å². The molecule has 6 nitrogen and oxygen atoms in total. The first-order valence-electron chi connectivity index (χ1n) is 10.9. The van der Waals surface area contributed by atoms with E-state index in [1.54, 1.807) is 0 Å². The van der Waals surface area contributed by atoms with E-state index >= 15 is 0 Å². The van der Waals surface area contributed by atoms with Crippen molar-refractivity contribution in [1.82, 2.24) is 19.4 Å². The van der Waals surface area contributed by atoms with Gasteiger partial charge in [0, 0.05) is 43.6 Å². The Balaban J connectivity index is 1.16. The molecule has 0 amide bonds. The molecule has 2 fully saturated rings. The second-order valence-electron chi connectivity index (χ2n) is 8.48. The average Bonchev–Trinajstić information content (AvgIpc) is 3.11. The van der Waals surface area contributed by atoms with Crippen LogP contribution in [0.4, 0.5) is 5.69 Å². The number of nitrogens with one attached hydrogen (secondary N) is 2. The van der Waals surface area contributed by atoms with Gasteiger partial charge < -0.3 is 15.2 Å². The number of imidazole rings is 1. The third-order valence-electron chi connectivity index (χ3n) is 6.73. The Morgan fingerprint density at radius 1 is 0.931 bits per heavy atom. The standard InChI is InChI=1S/C23H29N5O/c29-23-26-21-5-1-2-6-22(21)28(23)20-11-14-27(15-12-20)19-9-7-17(8-10-19)25-18-4-3-13-24-16-18/h1-6,13,16-17,19-20,25H,7-12,14-15H2,(H,26,29)/t17-,19+. The number of benzene rings is 1. The lowest BCUT2D eigenvalue weighted by Crippen LogP contribution is -2.45. The maximum absolute atomic E-state index is 12.5. The van der Waals surface area contributed by atoms with Crippen LogP contribution in [0.2, 0.25) is 0 Å². The van der Waals surface area contributed by atoms with E-state index in [9.17, 15) is 4.79 Å². The molecule has 29 heavy (non-hydrogen) atoms. The quantitative estimate of drug-likeness (QED) is 0.710. The molecule has 2 aromatic heterocycles. The maximum Gasteiger partial charge on any atom is 0.326 e. The highest BCUT2D eigenvalue weighted by atomic mass is 16.1. The molecule has 1 aliphatic heterocycles. The number of pyridine rings is 1. The van der Waals surface area contributed by atoms with E-state index in [4.69, 9.17) is 0 Å². The van der Waals surface area contributed by atoms with Gasteiger partial charge in [-0.1, -0.05) is 12.1 Å². The van der Waals surface area contributed by atoms with Gasteiger partial charge in [-0.3, -0.25) is 9.55 Å². The van der Waals surface area contributed by atoms with E-state index in [2.05, 4.69) is 32.3 Å². The highest BCUT2D eigenvalue weighted by molar-refractivity contribution is 5.75. The second kappa shape index (κ2) is 8.03. The van der Waals surface area contributed by atoms with Crippen molar-refractivity contribution < 1.29 is 0 Å². The normalized spacial score (nSPS) is 24.0. The van der Waals surface area contributed by atoms with Gasteiger partial charge in [-0.05, 0) is 62.8 Å². The Labute approximate surface area is 171 Å². The third-order valence-corrected chi connectivity index (χ3v) is 6.73. The van der Waals surface area contributed by atoms with E-state index in [-0.39, 0.29) is 5.69 Å². The number of para-hydroxylation sites is 2. The molecule has 1 saturated heterocycles. The zero-order valence-corrected chi connectivity index (χ0v) is 16.8. The SMILES string of the molecule is O=c1[nH]c2ccccc2n1C1CCN([C@H]2CC[C@@H](Nc3cccnc3)CC2)CC1. The molecular formula is C23H29N5O. The van der Waals surface area contributed by atoms with Gasteiger partial charge in [-0.25, -0.2) is 4.79 Å². The Morgan fingerprint density at radius 2 is 1.72 bits per heavy atom. The van der Waals surface area contributed by atoms with Gasteiger partial charge >= 0.3 is 5.69 Å². The van der Waals surface area contributed by atoms with Crippen molar-refractivity contribution in [1.29, 1.82) is 0 Å². The average molecular weight is 392 g/mol. The van der Waals surface area contributed by atoms with Crippen molar-refractivity contribution in [2.45, 2.75) is 56.7 Å². The number of fused-ring (bicyclic) bond motifs is 1. The van der Waals surface area contributed by atoms with Crippen LogP contribution in [0.25, 0.3) is 11.0 Å². The van der Waals surface area contributed by atoms with Crippen LogP contribution in [-0.2, 0) is 0 Å². The smallest absolute Gasteiger partial charge is 0.326 e. The summed E-state index contributed by atoms with van der Waals surface area (Å²) in [6.07, 6.45) is 10.7. The second-order valence-corrected chi connectivity index (χ2v) is 8.48. The number of aromatic nitrogens is 3. The summed E-state index contributed by atoms with van der Waals surface area (Å²) in [5, 5.41) is 3.63. The van der Waals surface area contributed by atoms with Crippen molar-refractivity contribution in [3.63, 3.8) is 0 Å². The molecule has 5 rings (SSSR count). The van der Waals surface area contributed by atoms with Crippen LogP contribution in [0.15, 0.2) is 53.6 Å². The van der Waals surface area contributed by atoms with Crippen LogP contribution in [0.1, 0.15) is 44.6 Å². The molecule has 0 bridgehead atoms. The Hall–Kier alpha value is -2.60. The molecule has 0 atom stereocenters. The summed E-state index contributed by atoms with van der Waals surface area (Å²) in [5.74, 6) is 0. The number of likely N-dealkylation sites (tertiary alicyclic amines) is 1. The first kappa shape index (κ1) is 18.4. The Bertz CT molecular complexity index is 995. The molecule has 6 heteroatoms. The van der Waals surface area contributed by atoms with Crippen molar-refractivity contribution in [2.75, 3.05) is 18.4 Å². The van der Waals surface area contributed by atoms with E-state index in [1.807, 2.05) is 41.2 Å². The molecule has 0 unspecified atom stereocenters. The fourth-order valence-corrected chi connectivity index (χ4v) is 5.22. The molecule has 0 spiro atoms. The molecule has 2 aliphatic rings. The molecule has 1 aromatic carbocycles. The minimum Gasteiger partial charge on any atom is -0.381 e. The van der Waals surface area contributed by atoms with Gasteiger partial charge in [0.05, 0.1) is 16.7 Å². The van der Waals surface area contributed by atoms with Gasteiger partial charge in [-0.15, -0.1) is 0 Å². The lowest BCUT2D eigenvalue weighted by atomic mass is 9.88. The number of hydrogen-bond acceptors (Lipinski definition) is 4. The van der Waals surface area contributed by atoms with Gasteiger partial charge in [0.2, 0.25) is 0 Å². The molecule has 2 N–H and O–H groups in total. The fraction of sp³-hybridized carbons (Fsp3) is 0.478. The third kappa shape index (κ3) is 3.81. The Kier molecular flexibility index (Phi) is 5.10. The van der Waals surface area contributed by atoms with E-state index in [1.165, 1.54) is 25.7 Å². The summed E-state index contributed by atoms with van der Waals surface area (Å²) in [5.41, 5.74) is 3.14. The predicted molar refractivity (Wildman–Crippen MR) is 116 cm³/mol.